The van der Waals surface area contributed by atoms with Gasteiger partial charge >= 0.3 is 11.9 Å². The van der Waals surface area contributed by atoms with E-state index in [9.17, 15) is 9.59 Å². The van der Waals surface area contributed by atoms with Crippen LogP contribution in [0.25, 0.3) is 0 Å². The highest BCUT2D eigenvalue weighted by Gasteiger charge is 2.22. The third-order valence-electron chi connectivity index (χ3n) is 7.28. The molecule has 0 amide bonds. The monoisotopic (exact) mass is 606 g/mol. The molecule has 0 aliphatic carbocycles. The fourth-order valence-corrected chi connectivity index (χ4v) is 7.01. The first-order chi connectivity index (χ1) is 19.1. The topological polar surface area (TPSA) is 52.6 Å². The van der Waals surface area contributed by atoms with Gasteiger partial charge in [-0.05, 0) is 12.8 Å². The average Bonchev–Trinajstić information content (AvgIpc) is 2.88. The first-order valence-corrected chi connectivity index (χ1v) is 18.8. The summed E-state index contributed by atoms with van der Waals surface area (Å²) in [6, 6.07) is 0. The number of carbonyl (C=O) groups excluding carboxylic acids is 2. The van der Waals surface area contributed by atoms with Gasteiger partial charge in [-0.1, -0.05) is 125 Å². The highest BCUT2D eigenvalue weighted by Crippen LogP contribution is 2.22. The van der Waals surface area contributed by atoms with Crippen molar-refractivity contribution in [3.63, 3.8) is 0 Å². The number of ether oxygens (including phenoxy) is 2. The maximum Gasteiger partial charge on any atom is 0.361 e. The molecule has 6 nitrogen and oxygen atoms in total. The Morgan fingerprint density at radius 2 is 0.800 bits per heavy atom. The van der Waals surface area contributed by atoms with Crippen LogP contribution in [0.4, 0.5) is 0 Å². The molecule has 0 atom stereocenters. The molecule has 0 bridgehead atoms. The van der Waals surface area contributed by atoms with Gasteiger partial charge in [-0.25, -0.2) is 9.59 Å². The zero-order valence-electron chi connectivity index (χ0n) is 27.3. The number of esters is 2. The van der Waals surface area contributed by atoms with Crippen LogP contribution in [0.3, 0.4) is 0 Å². The van der Waals surface area contributed by atoms with Gasteiger partial charge in [0.1, 0.15) is 0 Å². The molecular weight excluding hydrogens is 540 g/mol. The number of nitrogens with zero attached hydrogens (tertiary/aromatic N) is 2. The van der Waals surface area contributed by atoms with Gasteiger partial charge in [-0.15, -0.1) is 0 Å². The summed E-state index contributed by atoms with van der Waals surface area (Å²) in [5.74, 6) is 1.80. The number of quaternary nitrogens is 2. The lowest BCUT2D eigenvalue weighted by Crippen LogP contribution is -2.46. The summed E-state index contributed by atoms with van der Waals surface area (Å²) >= 11 is 0. The van der Waals surface area contributed by atoms with Gasteiger partial charge in [0.25, 0.3) is 0 Å². The second-order valence-corrected chi connectivity index (χ2v) is 15.4. The standard InChI is InChI=1S/C32H66N2O4S2/c1-7-9-11-13-15-17-19-21-25-37-31(35)29-33(3,4)23-27-39-40-28-24-34(5,6)30-32(36)38-26-22-20-18-16-14-12-10-8-2/h7-30H2,1-6H3/q+2. The Balaban J connectivity index is 3.77. The number of unbranched alkanes of at least 4 members (excludes halogenated alkanes) is 14. The molecule has 238 valence electrons. The maximum atomic E-state index is 12.3. The van der Waals surface area contributed by atoms with Crippen molar-refractivity contribution in [1.82, 2.24) is 0 Å². The van der Waals surface area contributed by atoms with Crippen molar-refractivity contribution in [3.05, 3.63) is 0 Å². The van der Waals surface area contributed by atoms with Crippen LogP contribution < -0.4 is 0 Å². The molecule has 0 rings (SSSR count). The fraction of sp³-hybridized carbons (Fsp3) is 0.938. The Hall–Kier alpha value is -0.440. The van der Waals surface area contributed by atoms with E-state index < -0.39 is 0 Å². The molecule has 0 N–H and O–H groups in total. The van der Waals surface area contributed by atoms with Crippen LogP contribution in [0, 0.1) is 0 Å². The van der Waals surface area contributed by atoms with Crippen molar-refractivity contribution in [2.45, 2.75) is 117 Å². The molecule has 0 aromatic rings. The lowest BCUT2D eigenvalue weighted by Gasteiger charge is -2.29. The van der Waals surface area contributed by atoms with E-state index in [2.05, 4.69) is 42.0 Å². The number of rotatable bonds is 29. The summed E-state index contributed by atoms with van der Waals surface area (Å²) < 4.78 is 12.3. The Labute approximate surface area is 256 Å². The first-order valence-electron chi connectivity index (χ1n) is 16.3. The third-order valence-corrected chi connectivity index (χ3v) is 9.64. The van der Waals surface area contributed by atoms with E-state index in [1.54, 1.807) is 0 Å². The lowest BCUT2D eigenvalue weighted by atomic mass is 10.1. The summed E-state index contributed by atoms with van der Waals surface area (Å²) in [5, 5.41) is 0. The molecule has 0 aromatic carbocycles. The smallest absolute Gasteiger partial charge is 0.361 e. The summed E-state index contributed by atoms with van der Waals surface area (Å²) in [7, 11) is 12.1. The largest absolute Gasteiger partial charge is 0.462 e. The van der Waals surface area contributed by atoms with E-state index in [0.717, 1.165) is 50.3 Å². The Morgan fingerprint density at radius 3 is 1.12 bits per heavy atom. The van der Waals surface area contributed by atoms with Crippen LogP contribution in [0.2, 0.25) is 0 Å². The van der Waals surface area contributed by atoms with E-state index in [-0.39, 0.29) is 11.9 Å². The van der Waals surface area contributed by atoms with Crippen molar-refractivity contribution in [3.8, 4) is 0 Å². The molecule has 40 heavy (non-hydrogen) atoms. The van der Waals surface area contributed by atoms with Crippen molar-refractivity contribution in [2.24, 2.45) is 0 Å². The van der Waals surface area contributed by atoms with Gasteiger partial charge in [-0.2, -0.15) is 0 Å². The summed E-state index contributed by atoms with van der Waals surface area (Å²) in [5.41, 5.74) is 0. The highest BCUT2D eigenvalue weighted by atomic mass is 33.1. The average molecular weight is 607 g/mol. The molecule has 0 fully saturated rings. The molecule has 0 saturated heterocycles. The fourth-order valence-electron chi connectivity index (χ4n) is 4.48. The van der Waals surface area contributed by atoms with E-state index in [1.165, 1.54) is 77.0 Å². The van der Waals surface area contributed by atoms with Crippen LogP contribution >= 0.6 is 21.6 Å². The zero-order chi connectivity index (χ0) is 30.0. The quantitative estimate of drug-likeness (QED) is 0.0374. The van der Waals surface area contributed by atoms with E-state index in [0.29, 0.717) is 35.3 Å². The van der Waals surface area contributed by atoms with Crippen LogP contribution in [0.5, 0.6) is 0 Å². The summed E-state index contributed by atoms with van der Waals surface area (Å²) in [6.07, 6.45) is 20.0. The molecule has 0 saturated carbocycles. The third kappa shape index (κ3) is 27.7. The Bertz CT molecular complexity index is 566. The second-order valence-electron chi connectivity index (χ2n) is 12.7. The van der Waals surface area contributed by atoms with E-state index >= 15 is 0 Å². The van der Waals surface area contributed by atoms with Gasteiger partial charge in [0.15, 0.2) is 13.1 Å². The molecule has 0 aliphatic rings. The zero-order valence-corrected chi connectivity index (χ0v) is 28.9. The highest BCUT2D eigenvalue weighted by molar-refractivity contribution is 8.76. The number of hydrogen-bond acceptors (Lipinski definition) is 6. The van der Waals surface area contributed by atoms with E-state index in [1.807, 2.05) is 21.6 Å². The molecule has 0 unspecified atom stereocenters. The van der Waals surface area contributed by atoms with Crippen molar-refractivity contribution in [2.75, 3.05) is 79.1 Å². The minimum absolute atomic E-state index is 0.0843. The summed E-state index contributed by atoms with van der Waals surface area (Å²) in [6.45, 7) is 8.30. The second kappa shape index (κ2) is 26.2. The van der Waals surface area contributed by atoms with Crippen molar-refractivity contribution >= 4 is 33.5 Å². The summed E-state index contributed by atoms with van der Waals surface area (Å²) in [4.78, 5) is 24.5. The van der Waals surface area contributed by atoms with Crippen LogP contribution in [-0.4, -0.2) is 100.0 Å². The maximum absolute atomic E-state index is 12.3. The van der Waals surface area contributed by atoms with Gasteiger partial charge < -0.3 is 18.4 Å². The predicted molar refractivity (Wildman–Crippen MR) is 176 cm³/mol. The normalized spacial score (nSPS) is 12.1. The van der Waals surface area contributed by atoms with Crippen LogP contribution in [0.15, 0.2) is 0 Å². The molecular formula is C32H66N2O4S2+2. The van der Waals surface area contributed by atoms with Gasteiger partial charge in [0.05, 0.1) is 66.0 Å². The van der Waals surface area contributed by atoms with E-state index in [4.69, 9.17) is 9.47 Å². The SMILES string of the molecule is CCCCCCCCCCOC(=O)C[N+](C)(C)CCSSCC[N+](C)(C)CC(=O)OCCCCCCCCCC. The number of carbonyl (C=O) groups is 2. The molecule has 0 aliphatic heterocycles. The number of likely N-dealkylation sites (N-methyl/N-ethyl adjacent to an activating group) is 2. The Morgan fingerprint density at radius 1 is 0.500 bits per heavy atom. The number of hydrogen-bond donors (Lipinski definition) is 0. The van der Waals surface area contributed by atoms with Crippen LogP contribution in [-0.2, 0) is 19.1 Å². The van der Waals surface area contributed by atoms with Gasteiger partial charge in [0, 0.05) is 0 Å². The van der Waals surface area contributed by atoms with Crippen molar-refractivity contribution < 1.29 is 28.0 Å². The predicted octanol–water partition coefficient (Wildman–Crippen LogP) is 7.89. The van der Waals surface area contributed by atoms with Gasteiger partial charge in [0.2, 0.25) is 0 Å². The van der Waals surface area contributed by atoms with Gasteiger partial charge in [-0.3, -0.25) is 0 Å². The molecule has 0 heterocycles. The minimum atomic E-state index is -0.0843. The van der Waals surface area contributed by atoms with Crippen molar-refractivity contribution in [1.29, 1.82) is 0 Å². The van der Waals surface area contributed by atoms with Crippen LogP contribution in [0.1, 0.15) is 117 Å². The molecule has 0 radical (unpaired) electrons. The Kier molecular flexibility index (Phi) is 25.9. The first kappa shape index (κ1) is 39.6. The minimum Gasteiger partial charge on any atom is -0.462 e. The molecule has 8 heteroatoms. The molecule has 0 spiro atoms. The molecule has 0 aromatic heterocycles. The lowest BCUT2D eigenvalue weighted by molar-refractivity contribution is -0.880.